The average Bonchev–Trinajstić information content (AvgIpc) is 3.30. The monoisotopic (exact) mass is 359 g/mol. The Morgan fingerprint density at radius 1 is 1.23 bits per heavy atom. The fraction of sp³-hybridized carbons (Fsp3) is 0.500. The van der Waals surface area contributed by atoms with Crippen molar-refractivity contribution in [2.24, 2.45) is 5.92 Å². The zero-order valence-electron chi connectivity index (χ0n) is 14.7. The van der Waals surface area contributed by atoms with Crippen LogP contribution >= 0.6 is 0 Å². The lowest BCUT2D eigenvalue weighted by molar-refractivity contribution is 0.0576. The van der Waals surface area contributed by atoms with Crippen LogP contribution in [-0.2, 0) is 0 Å². The Balaban J connectivity index is 0.000000339. The van der Waals surface area contributed by atoms with Crippen LogP contribution in [0.1, 0.15) is 32.1 Å². The van der Waals surface area contributed by atoms with Crippen molar-refractivity contribution in [1.82, 2.24) is 20.1 Å². The summed E-state index contributed by atoms with van der Waals surface area (Å²) in [6.07, 6.45) is 9.93. The van der Waals surface area contributed by atoms with Crippen LogP contribution in [0.3, 0.4) is 0 Å². The number of ether oxygens (including phenoxy) is 1. The summed E-state index contributed by atoms with van der Waals surface area (Å²) in [4.78, 5) is 16.1. The minimum Gasteiger partial charge on any atom is -0.477 e. The summed E-state index contributed by atoms with van der Waals surface area (Å²) < 4.78 is 5.60. The molecule has 1 aliphatic carbocycles. The number of H-pyrrole nitrogens is 1. The molecule has 0 atom stereocenters. The number of rotatable bonds is 5. The van der Waals surface area contributed by atoms with Gasteiger partial charge in [-0.15, -0.1) is 0 Å². The van der Waals surface area contributed by atoms with Crippen molar-refractivity contribution in [3.05, 3.63) is 30.6 Å². The van der Waals surface area contributed by atoms with E-state index in [9.17, 15) is 4.79 Å². The van der Waals surface area contributed by atoms with Crippen molar-refractivity contribution in [2.45, 2.75) is 32.1 Å². The van der Waals surface area contributed by atoms with Crippen LogP contribution in [0, 0.1) is 5.92 Å². The maximum Gasteiger partial charge on any atom is 0.407 e. The lowest BCUT2D eigenvalue weighted by Gasteiger charge is -2.36. The second-order valence-electron chi connectivity index (χ2n) is 6.61. The van der Waals surface area contributed by atoms with Crippen molar-refractivity contribution in [2.75, 3.05) is 25.0 Å². The van der Waals surface area contributed by atoms with E-state index in [0.717, 1.165) is 11.5 Å². The number of anilines is 2. The van der Waals surface area contributed by atoms with Crippen molar-refractivity contribution < 1.29 is 14.6 Å². The number of aromatic nitrogens is 3. The van der Waals surface area contributed by atoms with Gasteiger partial charge in [0.25, 0.3) is 0 Å². The summed E-state index contributed by atoms with van der Waals surface area (Å²) in [6, 6.07) is 5.42. The van der Waals surface area contributed by atoms with Gasteiger partial charge in [-0.2, -0.15) is 5.10 Å². The molecule has 0 bridgehead atoms. The van der Waals surface area contributed by atoms with Crippen LogP contribution in [0.5, 0.6) is 5.88 Å². The van der Waals surface area contributed by atoms with Crippen molar-refractivity contribution in [3.63, 3.8) is 0 Å². The molecule has 140 valence electrons. The zero-order valence-corrected chi connectivity index (χ0v) is 14.7. The number of carbonyl (C=O) groups is 1. The third-order valence-corrected chi connectivity index (χ3v) is 4.46. The molecule has 3 heterocycles. The number of hydrogen-bond donors (Lipinski definition) is 3. The fourth-order valence-corrected chi connectivity index (χ4v) is 2.97. The second-order valence-corrected chi connectivity index (χ2v) is 6.61. The van der Waals surface area contributed by atoms with Gasteiger partial charge in [0.2, 0.25) is 5.88 Å². The van der Waals surface area contributed by atoms with Gasteiger partial charge in [0.15, 0.2) is 0 Å². The molecule has 0 spiro atoms. The van der Waals surface area contributed by atoms with Crippen LogP contribution in [0.25, 0.3) is 0 Å². The number of pyridine rings is 1. The van der Waals surface area contributed by atoms with Crippen molar-refractivity contribution >= 4 is 17.6 Å². The predicted octanol–water partition coefficient (Wildman–Crippen LogP) is 3.49. The van der Waals surface area contributed by atoms with E-state index in [-0.39, 0.29) is 5.92 Å². The highest BCUT2D eigenvalue weighted by Gasteiger charge is 2.30. The average molecular weight is 359 g/mol. The van der Waals surface area contributed by atoms with Crippen molar-refractivity contribution in [1.29, 1.82) is 0 Å². The van der Waals surface area contributed by atoms with Crippen LogP contribution in [0.4, 0.5) is 16.3 Å². The van der Waals surface area contributed by atoms with Gasteiger partial charge >= 0.3 is 6.09 Å². The Bertz CT molecular complexity index is 674. The molecule has 4 rings (SSSR count). The van der Waals surface area contributed by atoms with Crippen LogP contribution in [-0.4, -0.2) is 51.0 Å². The van der Waals surface area contributed by atoms with Gasteiger partial charge in [0, 0.05) is 43.0 Å². The minimum atomic E-state index is -0.880. The molecule has 0 unspecified atom stereocenters. The molecule has 2 fully saturated rings. The molecule has 0 aromatic carbocycles. The van der Waals surface area contributed by atoms with Gasteiger partial charge in [-0.25, -0.2) is 9.78 Å². The number of carboxylic acid groups (broad SMARTS) is 1. The van der Waals surface area contributed by atoms with Gasteiger partial charge < -0.3 is 20.1 Å². The molecule has 8 heteroatoms. The molecule has 8 nitrogen and oxygen atoms in total. The lowest BCUT2D eigenvalue weighted by atomic mass is 10.0. The van der Waals surface area contributed by atoms with E-state index in [1.807, 2.05) is 12.1 Å². The molecule has 2 aromatic rings. The van der Waals surface area contributed by atoms with E-state index in [2.05, 4.69) is 20.5 Å². The number of hydrogen-bond acceptors (Lipinski definition) is 5. The minimum absolute atomic E-state index is 0.229. The quantitative estimate of drug-likeness (QED) is 0.755. The van der Waals surface area contributed by atoms with Gasteiger partial charge in [0.1, 0.15) is 5.82 Å². The van der Waals surface area contributed by atoms with Crippen LogP contribution in [0.2, 0.25) is 0 Å². The molecule has 0 radical (unpaired) electrons. The largest absolute Gasteiger partial charge is 0.477 e. The van der Waals surface area contributed by atoms with Gasteiger partial charge in [-0.3, -0.25) is 5.10 Å². The van der Waals surface area contributed by atoms with E-state index in [1.54, 1.807) is 18.5 Å². The summed E-state index contributed by atoms with van der Waals surface area (Å²) in [5.74, 6) is 1.52. The Hall–Kier alpha value is -2.77. The van der Waals surface area contributed by atoms with E-state index in [1.165, 1.54) is 37.0 Å². The molecule has 1 saturated heterocycles. The van der Waals surface area contributed by atoms with Gasteiger partial charge in [-0.1, -0.05) is 32.1 Å². The Morgan fingerprint density at radius 2 is 1.96 bits per heavy atom. The Labute approximate surface area is 152 Å². The Morgan fingerprint density at radius 3 is 2.58 bits per heavy atom. The van der Waals surface area contributed by atoms with E-state index >= 15 is 0 Å². The third kappa shape index (κ3) is 5.37. The highest BCUT2D eigenvalue weighted by Crippen LogP contribution is 2.20. The maximum atomic E-state index is 10.7. The summed E-state index contributed by atoms with van der Waals surface area (Å²) in [7, 11) is 0. The number of nitrogens with zero attached hydrogens (tertiary/aromatic N) is 3. The van der Waals surface area contributed by atoms with Crippen LogP contribution in [0.15, 0.2) is 30.6 Å². The van der Waals surface area contributed by atoms with Gasteiger partial charge in [0.05, 0.1) is 12.8 Å². The first kappa shape index (κ1) is 18.0. The molecule has 2 aromatic heterocycles. The van der Waals surface area contributed by atoms with Crippen LogP contribution < -0.4 is 10.1 Å². The normalized spacial score (nSPS) is 16.4. The van der Waals surface area contributed by atoms with E-state index < -0.39 is 6.09 Å². The number of amides is 1. The summed E-state index contributed by atoms with van der Waals surface area (Å²) in [6.45, 7) is 1.49. The Kier molecular flexibility index (Phi) is 6.29. The standard InChI is InChI=1S/C13H15N5O3.C5H10/c19-13(20)18-6-9(7-18)8-21-12-5-10(1-3-14-12)16-11-2-4-15-17-11;1-2-4-5-3-1/h1-5,9H,6-8H2,(H,19,20)(H2,14,15,16,17);1-5H2. The lowest BCUT2D eigenvalue weighted by Crippen LogP contribution is -2.51. The maximum absolute atomic E-state index is 10.7. The second kappa shape index (κ2) is 9.07. The van der Waals surface area contributed by atoms with Crippen molar-refractivity contribution in [3.8, 4) is 5.88 Å². The highest BCUT2D eigenvalue weighted by atomic mass is 16.5. The highest BCUT2D eigenvalue weighted by molar-refractivity contribution is 5.66. The molecule has 1 aliphatic heterocycles. The first-order chi connectivity index (χ1) is 12.7. The zero-order chi connectivity index (χ0) is 18.2. The summed E-state index contributed by atoms with van der Waals surface area (Å²) in [5.41, 5.74) is 0.838. The first-order valence-corrected chi connectivity index (χ1v) is 9.04. The number of likely N-dealkylation sites (tertiary alicyclic amines) is 1. The molecular formula is C18H25N5O3. The predicted molar refractivity (Wildman–Crippen MR) is 97.8 cm³/mol. The molecule has 1 saturated carbocycles. The fourth-order valence-electron chi connectivity index (χ4n) is 2.97. The summed E-state index contributed by atoms with van der Waals surface area (Å²) >= 11 is 0. The number of aromatic amines is 1. The summed E-state index contributed by atoms with van der Waals surface area (Å²) in [5, 5.41) is 18.5. The molecular weight excluding hydrogens is 334 g/mol. The van der Waals surface area contributed by atoms with E-state index in [0.29, 0.717) is 25.6 Å². The SMILES string of the molecule is C1CCCC1.O=C(O)N1CC(COc2cc(Nc3ccn[nH]3)ccn2)C1. The smallest absolute Gasteiger partial charge is 0.407 e. The first-order valence-electron chi connectivity index (χ1n) is 9.04. The third-order valence-electron chi connectivity index (χ3n) is 4.46. The van der Waals surface area contributed by atoms with Gasteiger partial charge in [-0.05, 0) is 6.07 Å². The topological polar surface area (TPSA) is 103 Å². The van der Waals surface area contributed by atoms with E-state index in [4.69, 9.17) is 9.84 Å². The molecule has 1 amide bonds. The molecule has 3 N–H and O–H groups in total. The molecule has 2 aliphatic rings. The molecule has 26 heavy (non-hydrogen) atoms. The number of nitrogens with one attached hydrogen (secondary N) is 2.